The van der Waals surface area contributed by atoms with Crippen molar-refractivity contribution in [2.75, 3.05) is 78.3 Å². The molecule has 2 fully saturated rings. The molecule has 3 heterocycles. The Morgan fingerprint density at radius 1 is 1.00 bits per heavy atom. The zero-order chi connectivity index (χ0) is 24.5. The number of esters is 1. The Morgan fingerprint density at radius 2 is 1.80 bits per heavy atom. The lowest BCUT2D eigenvalue weighted by atomic mass is 9.97. The Morgan fingerprint density at radius 3 is 2.63 bits per heavy atom. The number of carbonyl (C=O) groups excluding carboxylic acids is 1. The fraction of sp³-hybridized carbons (Fsp3) is 0.556. The zero-order valence-electron chi connectivity index (χ0n) is 21.0. The topological polar surface area (TPSA) is 87.0 Å². The van der Waals surface area contributed by atoms with E-state index in [4.69, 9.17) is 10.5 Å². The van der Waals surface area contributed by atoms with Crippen LogP contribution in [0.2, 0.25) is 0 Å². The third-order valence-electron chi connectivity index (χ3n) is 7.02. The van der Waals surface area contributed by atoms with E-state index in [1.165, 1.54) is 19.1 Å². The number of nitrogens with zero attached hydrogens (tertiary/aromatic N) is 4. The van der Waals surface area contributed by atoms with Crippen LogP contribution >= 0.6 is 0 Å². The van der Waals surface area contributed by atoms with Crippen LogP contribution in [0, 0.1) is 5.92 Å². The summed E-state index contributed by atoms with van der Waals surface area (Å²) >= 11 is 0. The second kappa shape index (κ2) is 13.0. The van der Waals surface area contributed by atoms with E-state index in [2.05, 4.69) is 37.1 Å². The summed E-state index contributed by atoms with van der Waals surface area (Å²) in [7, 11) is 1.40. The van der Waals surface area contributed by atoms with Gasteiger partial charge in [-0.05, 0) is 61.7 Å². The number of hydrogen-bond donors (Lipinski definition) is 2. The van der Waals surface area contributed by atoms with E-state index < -0.39 is 0 Å². The number of rotatable bonds is 5. The smallest absolute Gasteiger partial charge is 0.356 e. The number of nitrogens with one attached hydrogen (secondary N) is 1. The molecule has 4 rings (SSSR count). The maximum Gasteiger partial charge on any atom is 0.356 e. The lowest BCUT2D eigenvalue weighted by Crippen LogP contribution is -2.48. The van der Waals surface area contributed by atoms with Crippen molar-refractivity contribution < 1.29 is 9.53 Å². The van der Waals surface area contributed by atoms with Crippen LogP contribution in [0.5, 0.6) is 0 Å². The molecule has 35 heavy (non-hydrogen) atoms. The molecule has 0 spiro atoms. The lowest BCUT2D eigenvalue weighted by Gasteiger charge is -2.37. The van der Waals surface area contributed by atoms with Crippen molar-refractivity contribution in [1.82, 2.24) is 25.0 Å². The normalized spacial score (nSPS) is 24.5. The van der Waals surface area contributed by atoms with E-state index >= 15 is 0 Å². The molecule has 1 aromatic carbocycles. The van der Waals surface area contributed by atoms with Gasteiger partial charge in [0.25, 0.3) is 0 Å². The monoisotopic (exact) mass is 480 g/mol. The zero-order valence-corrected chi connectivity index (χ0v) is 21.0. The molecule has 2 bridgehead atoms. The van der Waals surface area contributed by atoms with Gasteiger partial charge in [-0.25, -0.2) is 9.78 Å². The van der Waals surface area contributed by atoms with Gasteiger partial charge < -0.3 is 25.6 Å². The molecule has 8 heteroatoms. The minimum Gasteiger partial charge on any atom is -0.464 e. The number of ether oxygens (including phenoxy) is 1. The molecule has 190 valence electrons. The van der Waals surface area contributed by atoms with Crippen molar-refractivity contribution in [3.63, 3.8) is 0 Å². The van der Waals surface area contributed by atoms with E-state index in [1.807, 2.05) is 24.3 Å². The van der Waals surface area contributed by atoms with Crippen molar-refractivity contribution >= 4 is 11.7 Å². The highest BCUT2D eigenvalue weighted by atomic mass is 16.5. The van der Waals surface area contributed by atoms with Gasteiger partial charge in [-0.2, -0.15) is 0 Å². The highest BCUT2D eigenvalue weighted by Gasteiger charge is 2.23. The summed E-state index contributed by atoms with van der Waals surface area (Å²) in [6.45, 7) is 11.3. The van der Waals surface area contributed by atoms with Gasteiger partial charge in [-0.15, -0.1) is 0 Å². The summed E-state index contributed by atoms with van der Waals surface area (Å²) in [5, 5.41) is 3.62. The number of nitrogen functional groups attached to an aromatic ring is 1. The molecule has 0 amide bonds. The minimum absolute atomic E-state index is 0.368. The first-order chi connectivity index (χ1) is 17.1. The molecule has 0 radical (unpaired) electrons. The van der Waals surface area contributed by atoms with Crippen molar-refractivity contribution in [3.05, 3.63) is 59.4 Å². The van der Waals surface area contributed by atoms with Crippen LogP contribution in [0.1, 0.15) is 28.2 Å². The summed E-state index contributed by atoms with van der Waals surface area (Å²) in [6.07, 6.45) is 2.20. The number of methoxy groups -OCH3 is 1. The maximum atomic E-state index is 12.0. The van der Waals surface area contributed by atoms with Crippen LogP contribution in [-0.4, -0.2) is 98.2 Å². The molecule has 0 saturated carbocycles. The third kappa shape index (κ3) is 8.00. The van der Waals surface area contributed by atoms with Gasteiger partial charge in [0.15, 0.2) is 0 Å². The van der Waals surface area contributed by atoms with Crippen LogP contribution in [0.3, 0.4) is 0 Å². The molecule has 3 unspecified atom stereocenters. The number of nitrogens with two attached hydrogens (primary N) is 1. The Bertz CT molecular complexity index is 938. The van der Waals surface area contributed by atoms with Crippen LogP contribution in [0.25, 0.3) is 0 Å². The van der Waals surface area contributed by atoms with E-state index in [-0.39, 0.29) is 5.97 Å². The Kier molecular flexibility index (Phi) is 9.48. The maximum absolute atomic E-state index is 12.0. The number of carbonyl (C=O) groups is 1. The molecule has 2 aliphatic heterocycles. The quantitative estimate of drug-likeness (QED) is 0.494. The highest BCUT2D eigenvalue weighted by molar-refractivity contribution is 5.87. The molecule has 2 saturated heterocycles. The number of hydrogen-bond acceptors (Lipinski definition) is 8. The van der Waals surface area contributed by atoms with Gasteiger partial charge in [0.2, 0.25) is 0 Å². The van der Waals surface area contributed by atoms with Crippen molar-refractivity contribution in [2.24, 2.45) is 5.92 Å². The Balaban J connectivity index is 1.54. The van der Waals surface area contributed by atoms with Gasteiger partial charge in [0.1, 0.15) is 5.69 Å². The van der Waals surface area contributed by atoms with Crippen molar-refractivity contribution in [1.29, 1.82) is 0 Å². The number of aromatic nitrogens is 1. The molecule has 2 aliphatic rings. The second-order valence-electron chi connectivity index (χ2n) is 9.80. The second-order valence-corrected chi connectivity index (χ2v) is 9.80. The SMILES string of the molecule is COC(=O)c1cccc(CN2CCN3CCCNCCN(CC3)CC(Cc3ccc(N)cc3)C2)n1. The number of anilines is 1. The summed E-state index contributed by atoms with van der Waals surface area (Å²) in [6, 6.07) is 13.9. The van der Waals surface area contributed by atoms with Crippen molar-refractivity contribution in [3.8, 4) is 0 Å². The number of benzene rings is 1. The molecule has 3 N–H and O–H groups in total. The van der Waals surface area contributed by atoms with E-state index in [9.17, 15) is 4.79 Å². The first kappa shape index (κ1) is 25.6. The predicted octanol–water partition coefficient (Wildman–Crippen LogP) is 1.72. The number of pyridine rings is 1. The lowest BCUT2D eigenvalue weighted by molar-refractivity contribution is 0.0593. The van der Waals surface area contributed by atoms with Crippen LogP contribution in [0.4, 0.5) is 5.69 Å². The Labute approximate surface area is 209 Å². The average molecular weight is 481 g/mol. The highest BCUT2D eigenvalue weighted by Crippen LogP contribution is 2.17. The molecule has 0 aliphatic carbocycles. The average Bonchev–Trinajstić information content (AvgIpc) is 2.87. The summed E-state index contributed by atoms with van der Waals surface area (Å²) in [4.78, 5) is 24.4. The van der Waals surface area contributed by atoms with Gasteiger partial charge >= 0.3 is 5.97 Å². The Hall–Kier alpha value is -2.52. The van der Waals surface area contributed by atoms with E-state index in [0.29, 0.717) is 11.6 Å². The molecular formula is C27H40N6O2. The molecule has 1 aromatic heterocycles. The summed E-state index contributed by atoms with van der Waals surface area (Å²) < 4.78 is 4.88. The van der Waals surface area contributed by atoms with E-state index in [0.717, 1.165) is 89.8 Å². The van der Waals surface area contributed by atoms with Crippen molar-refractivity contribution in [2.45, 2.75) is 19.4 Å². The summed E-state index contributed by atoms with van der Waals surface area (Å²) in [5.74, 6) is 0.0934. The molecule has 8 nitrogen and oxygen atoms in total. The van der Waals surface area contributed by atoms with Gasteiger partial charge in [0, 0.05) is 64.6 Å². The van der Waals surface area contributed by atoms with E-state index in [1.54, 1.807) is 6.07 Å². The fourth-order valence-electron chi connectivity index (χ4n) is 5.14. The van der Waals surface area contributed by atoms with Gasteiger partial charge in [0.05, 0.1) is 12.8 Å². The summed E-state index contributed by atoms with van der Waals surface area (Å²) in [5.41, 5.74) is 9.34. The van der Waals surface area contributed by atoms with Gasteiger partial charge in [-0.1, -0.05) is 18.2 Å². The minimum atomic E-state index is -0.390. The first-order valence-electron chi connectivity index (χ1n) is 12.9. The molecule has 3 atom stereocenters. The molecular weight excluding hydrogens is 440 g/mol. The van der Waals surface area contributed by atoms with Crippen LogP contribution in [0.15, 0.2) is 42.5 Å². The van der Waals surface area contributed by atoms with Gasteiger partial charge in [-0.3, -0.25) is 4.90 Å². The fourth-order valence-corrected chi connectivity index (χ4v) is 5.14. The largest absolute Gasteiger partial charge is 0.464 e. The van der Waals surface area contributed by atoms with Crippen LogP contribution in [-0.2, 0) is 17.7 Å². The number of fused-ring (bicyclic) bond motifs is 3. The van der Waals surface area contributed by atoms with Crippen LogP contribution < -0.4 is 11.1 Å². The molecule has 2 aromatic rings. The standard InChI is InChI=1S/C27H40N6O2/c1-35-27(34)26-5-2-4-25(30-26)21-33-17-15-31-12-3-10-29-11-13-32(16-14-31)19-23(20-33)18-22-6-8-24(28)9-7-22/h2,4-9,23,29H,3,10-21,28H2,1H3. The first-order valence-corrected chi connectivity index (χ1v) is 12.9. The third-order valence-corrected chi connectivity index (χ3v) is 7.02. The predicted molar refractivity (Wildman–Crippen MR) is 139 cm³/mol.